The Balaban J connectivity index is 0.000000171. The van der Waals surface area contributed by atoms with Crippen LogP contribution in [0, 0.1) is 0 Å². The molecule has 0 unspecified atom stereocenters. The topological polar surface area (TPSA) is 70.8 Å². The van der Waals surface area contributed by atoms with Crippen LogP contribution in [0.1, 0.15) is 18.9 Å². The van der Waals surface area contributed by atoms with Crippen LogP contribution in [-0.2, 0) is 25.4 Å². The van der Waals surface area contributed by atoms with Gasteiger partial charge in [0, 0.05) is 0 Å². The molecule has 1 heterocycles. The molecule has 0 aromatic heterocycles. The van der Waals surface area contributed by atoms with Crippen LogP contribution in [0.3, 0.4) is 0 Å². The van der Waals surface area contributed by atoms with Crippen molar-refractivity contribution < 1.29 is 19.0 Å². The molecule has 0 spiro atoms. The smallest absolute Gasteiger partial charge is 0.330 e. The molecular formula is C11H18NO4P. The van der Waals surface area contributed by atoms with Crippen molar-refractivity contribution in [3.05, 3.63) is 35.9 Å². The average Bonchev–Trinajstić information content (AvgIpc) is 2.30. The van der Waals surface area contributed by atoms with Crippen molar-refractivity contribution in [3.63, 3.8) is 0 Å². The van der Waals surface area contributed by atoms with Crippen LogP contribution in [0.15, 0.2) is 30.3 Å². The van der Waals surface area contributed by atoms with E-state index in [1.54, 1.807) is 0 Å². The minimum absolute atomic E-state index is 0.438. The van der Waals surface area contributed by atoms with Crippen LogP contribution in [0.4, 0.5) is 0 Å². The van der Waals surface area contributed by atoms with Crippen LogP contribution in [-0.4, -0.2) is 12.7 Å². The summed E-state index contributed by atoms with van der Waals surface area (Å²) in [5.74, 6) is 0. The average molecular weight is 259 g/mol. The standard InChI is InChI=1S/C8H11N.C3H7O4P/c9-7-6-8-4-2-1-3-5-8;1-2-3-8(4)6-5-7-8/h1-5H,6-7,9H2;2-3H2,1H3. The molecular weight excluding hydrogens is 241 g/mol. The second-order valence-corrected chi connectivity index (χ2v) is 5.54. The van der Waals surface area contributed by atoms with E-state index in [1.165, 1.54) is 5.56 Å². The van der Waals surface area contributed by atoms with E-state index in [2.05, 4.69) is 26.5 Å². The fourth-order valence-electron chi connectivity index (χ4n) is 1.26. The first-order chi connectivity index (χ1) is 8.20. The summed E-state index contributed by atoms with van der Waals surface area (Å²) in [6, 6.07) is 10.3. The molecule has 0 bridgehead atoms. The van der Waals surface area contributed by atoms with Gasteiger partial charge in [0.2, 0.25) is 0 Å². The lowest BCUT2D eigenvalue weighted by Crippen LogP contribution is -2.09. The normalized spacial score (nSPS) is 16.6. The predicted octanol–water partition coefficient (Wildman–Crippen LogP) is 2.67. The zero-order chi connectivity index (χ0) is 12.6. The van der Waals surface area contributed by atoms with Gasteiger partial charge in [-0.25, -0.2) is 0 Å². The third kappa shape index (κ3) is 5.44. The quantitative estimate of drug-likeness (QED) is 0.665. The lowest BCUT2D eigenvalue weighted by Gasteiger charge is -2.20. The van der Waals surface area contributed by atoms with Gasteiger partial charge in [-0.15, -0.1) is 9.35 Å². The number of rotatable bonds is 4. The first-order valence-corrected chi connectivity index (χ1v) is 7.30. The maximum absolute atomic E-state index is 10.7. The molecule has 1 aliphatic heterocycles. The predicted molar refractivity (Wildman–Crippen MR) is 65.2 cm³/mol. The lowest BCUT2D eigenvalue weighted by atomic mass is 10.2. The van der Waals surface area contributed by atoms with E-state index in [-0.39, 0.29) is 0 Å². The summed E-state index contributed by atoms with van der Waals surface area (Å²) in [5.41, 5.74) is 6.68. The number of hydrogen-bond acceptors (Lipinski definition) is 5. The molecule has 17 heavy (non-hydrogen) atoms. The van der Waals surface area contributed by atoms with E-state index in [9.17, 15) is 4.57 Å². The highest BCUT2D eigenvalue weighted by Gasteiger charge is 2.36. The van der Waals surface area contributed by atoms with Gasteiger partial charge in [-0.2, -0.15) is 0 Å². The highest BCUT2D eigenvalue weighted by atomic mass is 31.2. The molecule has 1 aliphatic rings. The Hall–Kier alpha value is -0.710. The third-order valence-corrected chi connectivity index (χ3v) is 3.63. The zero-order valence-corrected chi connectivity index (χ0v) is 10.8. The van der Waals surface area contributed by atoms with Crippen molar-refractivity contribution in [2.75, 3.05) is 12.7 Å². The highest BCUT2D eigenvalue weighted by molar-refractivity contribution is 7.54. The van der Waals surface area contributed by atoms with E-state index >= 15 is 0 Å². The summed E-state index contributed by atoms with van der Waals surface area (Å²) in [6.45, 7) is 2.63. The Morgan fingerprint density at radius 2 is 1.88 bits per heavy atom. The van der Waals surface area contributed by atoms with Crippen molar-refractivity contribution in [3.8, 4) is 0 Å². The molecule has 96 valence electrons. The molecule has 0 saturated carbocycles. The fraction of sp³-hybridized carbons (Fsp3) is 0.455. The van der Waals surface area contributed by atoms with E-state index in [0.717, 1.165) is 19.4 Å². The monoisotopic (exact) mass is 259 g/mol. The van der Waals surface area contributed by atoms with Gasteiger partial charge in [0.1, 0.15) is 0 Å². The SMILES string of the molecule is CCCP1(=O)OOO1.NCCc1ccccc1. The van der Waals surface area contributed by atoms with Gasteiger partial charge in [-0.3, -0.25) is 4.57 Å². The Bertz CT molecular complexity index is 350. The second kappa shape index (κ2) is 7.58. The summed E-state index contributed by atoms with van der Waals surface area (Å²) >= 11 is 0. The Morgan fingerprint density at radius 1 is 1.24 bits per heavy atom. The number of hydrogen-bond donors (Lipinski definition) is 1. The third-order valence-electron chi connectivity index (χ3n) is 2.06. The first-order valence-electron chi connectivity index (χ1n) is 5.58. The van der Waals surface area contributed by atoms with Crippen LogP contribution in [0.5, 0.6) is 0 Å². The van der Waals surface area contributed by atoms with Crippen molar-refractivity contribution >= 4 is 7.60 Å². The molecule has 1 fully saturated rings. The van der Waals surface area contributed by atoms with Gasteiger partial charge in [0.15, 0.2) is 0 Å². The minimum atomic E-state index is -2.72. The summed E-state index contributed by atoms with van der Waals surface area (Å²) in [7, 11) is -2.72. The summed E-state index contributed by atoms with van der Waals surface area (Å²) in [5, 5.41) is 3.83. The maximum Gasteiger partial charge on any atom is 0.390 e. The van der Waals surface area contributed by atoms with Crippen LogP contribution in [0.25, 0.3) is 0 Å². The van der Waals surface area contributed by atoms with Gasteiger partial charge in [-0.1, -0.05) is 42.3 Å². The van der Waals surface area contributed by atoms with Crippen LogP contribution < -0.4 is 5.73 Å². The molecule has 1 aromatic carbocycles. The molecule has 1 aromatic rings. The van der Waals surface area contributed by atoms with E-state index in [0.29, 0.717) is 6.16 Å². The van der Waals surface area contributed by atoms with Crippen molar-refractivity contribution in [2.24, 2.45) is 5.73 Å². The Labute approximate surface area is 101 Å². The number of benzene rings is 1. The second-order valence-electron chi connectivity index (χ2n) is 3.58. The zero-order valence-electron chi connectivity index (χ0n) is 9.87. The van der Waals surface area contributed by atoms with Gasteiger partial charge in [0.25, 0.3) is 0 Å². The fourth-order valence-corrected chi connectivity index (χ4v) is 2.15. The Morgan fingerprint density at radius 3 is 2.24 bits per heavy atom. The molecule has 2 N–H and O–H groups in total. The Kier molecular flexibility index (Phi) is 6.40. The van der Waals surface area contributed by atoms with Crippen molar-refractivity contribution in [2.45, 2.75) is 19.8 Å². The summed E-state index contributed by atoms with van der Waals surface area (Å²) < 4.78 is 19.1. The van der Waals surface area contributed by atoms with Gasteiger partial charge in [0.05, 0.1) is 6.16 Å². The van der Waals surface area contributed by atoms with Gasteiger partial charge >= 0.3 is 7.60 Å². The largest absolute Gasteiger partial charge is 0.390 e. The van der Waals surface area contributed by atoms with Crippen molar-refractivity contribution in [1.82, 2.24) is 0 Å². The van der Waals surface area contributed by atoms with Crippen LogP contribution >= 0.6 is 7.60 Å². The molecule has 0 amide bonds. The van der Waals surface area contributed by atoms with Gasteiger partial charge in [-0.05, 0) is 24.9 Å². The van der Waals surface area contributed by atoms with E-state index in [4.69, 9.17) is 5.73 Å². The summed E-state index contributed by atoms with van der Waals surface area (Å²) in [4.78, 5) is 0. The van der Waals surface area contributed by atoms with Gasteiger partial charge < -0.3 is 5.73 Å². The number of nitrogens with two attached hydrogens (primary N) is 1. The molecule has 0 atom stereocenters. The molecule has 2 rings (SSSR count). The highest BCUT2D eigenvalue weighted by Crippen LogP contribution is 2.56. The molecule has 5 nitrogen and oxygen atoms in total. The van der Waals surface area contributed by atoms with Crippen molar-refractivity contribution in [1.29, 1.82) is 0 Å². The molecule has 1 saturated heterocycles. The molecule has 6 heteroatoms. The lowest BCUT2D eigenvalue weighted by molar-refractivity contribution is -0.487. The molecule has 0 aliphatic carbocycles. The van der Waals surface area contributed by atoms with E-state index in [1.807, 2.05) is 25.1 Å². The minimum Gasteiger partial charge on any atom is -0.330 e. The maximum atomic E-state index is 10.7. The molecule has 0 radical (unpaired) electrons. The summed E-state index contributed by atoms with van der Waals surface area (Å²) in [6.07, 6.45) is 2.20. The van der Waals surface area contributed by atoms with E-state index < -0.39 is 7.60 Å². The van der Waals surface area contributed by atoms with Crippen LogP contribution in [0.2, 0.25) is 0 Å². The first kappa shape index (κ1) is 14.4.